The molecule has 0 aliphatic rings. The van der Waals surface area contributed by atoms with E-state index in [1.807, 2.05) is 36.4 Å². The summed E-state index contributed by atoms with van der Waals surface area (Å²) in [6.45, 7) is 1.67. The van der Waals surface area contributed by atoms with E-state index < -0.39 is 11.3 Å². The minimum absolute atomic E-state index is 0.142. The van der Waals surface area contributed by atoms with Gasteiger partial charge in [0.25, 0.3) is 0 Å². The largest absolute Gasteiger partial charge is 0.760 e. The van der Waals surface area contributed by atoms with E-state index >= 15 is 0 Å². The van der Waals surface area contributed by atoms with Crippen molar-refractivity contribution in [3.63, 3.8) is 0 Å². The Morgan fingerprint density at radius 1 is 1.21 bits per heavy atom. The van der Waals surface area contributed by atoms with Gasteiger partial charge in [0.15, 0.2) is 0 Å². The van der Waals surface area contributed by atoms with E-state index in [1.54, 1.807) is 0 Å². The molecule has 2 rings (SSSR count). The number of nitrogens with one attached hydrogen (secondary N) is 2. The second-order valence-electron chi connectivity index (χ2n) is 4.05. The molecule has 100 valence electrons. The van der Waals surface area contributed by atoms with E-state index in [2.05, 4.69) is 10.0 Å². The average molecular weight is 277 g/mol. The van der Waals surface area contributed by atoms with Crippen molar-refractivity contribution in [3.8, 4) is 0 Å². The highest BCUT2D eigenvalue weighted by Gasteiger charge is 2.05. The zero-order valence-corrected chi connectivity index (χ0v) is 11.1. The Kier molecular flexibility index (Phi) is 4.26. The molecule has 0 aromatic heterocycles. The van der Waals surface area contributed by atoms with Crippen LogP contribution in [0, 0.1) is 0 Å². The van der Waals surface area contributed by atoms with Crippen LogP contribution in [-0.4, -0.2) is 14.7 Å². The molecule has 1 amide bonds. The van der Waals surface area contributed by atoms with Crippen molar-refractivity contribution in [3.05, 3.63) is 42.0 Å². The molecule has 6 heteroatoms. The van der Waals surface area contributed by atoms with Gasteiger partial charge in [-0.3, -0.25) is 9.00 Å². The van der Waals surface area contributed by atoms with Gasteiger partial charge in [-0.1, -0.05) is 30.3 Å². The minimum atomic E-state index is -2.29. The summed E-state index contributed by atoms with van der Waals surface area (Å²) >= 11 is -2.29. The van der Waals surface area contributed by atoms with Crippen LogP contribution in [0.1, 0.15) is 12.5 Å². The molecular formula is C13H13N2O3S-. The van der Waals surface area contributed by atoms with Gasteiger partial charge in [0.1, 0.15) is 0 Å². The number of carbonyl (C=O) groups is 1. The highest BCUT2D eigenvalue weighted by molar-refractivity contribution is 7.77. The summed E-state index contributed by atoms with van der Waals surface area (Å²) in [6, 6.07) is 11.1. The number of rotatable bonds is 4. The SMILES string of the molecule is CC(=O)Nc1cccc2c(CNS(=O)[O-])cccc12. The molecule has 0 spiro atoms. The smallest absolute Gasteiger partial charge is 0.221 e. The maximum atomic E-state index is 11.2. The predicted octanol–water partition coefficient (Wildman–Crippen LogP) is 1.68. The van der Waals surface area contributed by atoms with Gasteiger partial charge in [-0.25, -0.2) is 4.72 Å². The third kappa shape index (κ3) is 3.37. The van der Waals surface area contributed by atoms with Gasteiger partial charge in [0.05, 0.1) is 0 Å². The Hall–Kier alpha value is -1.76. The molecule has 5 nitrogen and oxygen atoms in total. The second kappa shape index (κ2) is 5.92. The molecule has 0 fully saturated rings. The summed E-state index contributed by atoms with van der Waals surface area (Å²) in [4.78, 5) is 11.2. The Balaban J connectivity index is 2.44. The van der Waals surface area contributed by atoms with Crippen molar-refractivity contribution in [2.75, 3.05) is 5.32 Å². The Labute approximate surface area is 113 Å². The summed E-state index contributed by atoms with van der Waals surface area (Å²) in [5.41, 5.74) is 1.57. The van der Waals surface area contributed by atoms with Gasteiger partial charge in [-0.15, -0.1) is 0 Å². The normalized spacial score (nSPS) is 12.3. The van der Waals surface area contributed by atoms with Gasteiger partial charge >= 0.3 is 0 Å². The number of carbonyl (C=O) groups excluding carboxylic acids is 1. The molecule has 2 aromatic carbocycles. The maximum Gasteiger partial charge on any atom is 0.221 e. The van der Waals surface area contributed by atoms with Crippen LogP contribution in [0.2, 0.25) is 0 Å². The maximum absolute atomic E-state index is 11.2. The molecule has 2 N–H and O–H groups in total. The van der Waals surface area contributed by atoms with Crippen LogP contribution in [-0.2, 0) is 22.6 Å². The van der Waals surface area contributed by atoms with Crippen LogP contribution < -0.4 is 10.0 Å². The Morgan fingerprint density at radius 3 is 2.58 bits per heavy atom. The van der Waals surface area contributed by atoms with Crippen LogP contribution in [0.25, 0.3) is 10.8 Å². The van der Waals surface area contributed by atoms with E-state index in [0.717, 1.165) is 22.0 Å². The minimum Gasteiger partial charge on any atom is -0.760 e. The lowest BCUT2D eigenvalue weighted by Gasteiger charge is -2.12. The first-order valence-corrected chi connectivity index (χ1v) is 6.76. The number of fused-ring (bicyclic) bond motifs is 1. The molecule has 1 atom stereocenters. The number of anilines is 1. The summed E-state index contributed by atoms with van der Waals surface area (Å²) < 4.78 is 23.4. The molecule has 0 heterocycles. The molecule has 0 saturated carbocycles. The molecule has 0 bridgehead atoms. The molecule has 1 unspecified atom stereocenters. The zero-order chi connectivity index (χ0) is 13.8. The van der Waals surface area contributed by atoms with Crippen LogP contribution in [0.3, 0.4) is 0 Å². The van der Waals surface area contributed by atoms with Crippen molar-refractivity contribution < 1.29 is 13.6 Å². The lowest BCUT2D eigenvalue weighted by atomic mass is 10.0. The van der Waals surface area contributed by atoms with Crippen molar-refractivity contribution in [1.82, 2.24) is 4.72 Å². The summed E-state index contributed by atoms with van der Waals surface area (Å²) in [5.74, 6) is -0.142. The van der Waals surface area contributed by atoms with Gasteiger partial charge in [-0.05, 0) is 17.0 Å². The van der Waals surface area contributed by atoms with Crippen LogP contribution in [0.4, 0.5) is 5.69 Å². The highest BCUT2D eigenvalue weighted by Crippen LogP contribution is 2.26. The molecular weight excluding hydrogens is 264 g/mol. The van der Waals surface area contributed by atoms with Crippen LogP contribution in [0.5, 0.6) is 0 Å². The van der Waals surface area contributed by atoms with E-state index in [9.17, 15) is 13.6 Å². The Bertz CT molecular complexity index is 643. The number of hydrogen-bond donors (Lipinski definition) is 2. The van der Waals surface area contributed by atoms with Crippen LogP contribution >= 0.6 is 0 Å². The van der Waals surface area contributed by atoms with Gasteiger partial charge < -0.3 is 9.87 Å². The van der Waals surface area contributed by atoms with E-state index in [4.69, 9.17) is 0 Å². The molecule has 19 heavy (non-hydrogen) atoms. The molecule has 0 aliphatic heterocycles. The summed E-state index contributed by atoms with van der Waals surface area (Å²) in [5, 5.41) is 4.55. The lowest BCUT2D eigenvalue weighted by Crippen LogP contribution is -2.15. The molecule has 0 aliphatic carbocycles. The number of hydrogen-bond acceptors (Lipinski definition) is 3. The average Bonchev–Trinajstić information content (AvgIpc) is 2.36. The Morgan fingerprint density at radius 2 is 1.89 bits per heavy atom. The summed E-state index contributed by atoms with van der Waals surface area (Å²) in [7, 11) is 0. The fourth-order valence-corrected chi connectivity index (χ4v) is 2.24. The first kappa shape index (κ1) is 13.7. The summed E-state index contributed by atoms with van der Waals surface area (Å²) in [6.07, 6.45) is 0. The van der Waals surface area contributed by atoms with E-state index in [0.29, 0.717) is 0 Å². The quantitative estimate of drug-likeness (QED) is 0.834. The van der Waals surface area contributed by atoms with Crippen molar-refractivity contribution >= 4 is 33.6 Å². The fraction of sp³-hybridized carbons (Fsp3) is 0.154. The third-order valence-corrected chi connectivity index (χ3v) is 3.08. The van der Waals surface area contributed by atoms with Crippen molar-refractivity contribution in [1.29, 1.82) is 0 Å². The first-order valence-electron chi connectivity index (χ1n) is 5.69. The van der Waals surface area contributed by atoms with E-state index in [-0.39, 0.29) is 12.5 Å². The first-order chi connectivity index (χ1) is 9.08. The predicted molar refractivity (Wildman–Crippen MR) is 74.0 cm³/mol. The van der Waals surface area contributed by atoms with Crippen molar-refractivity contribution in [2.24, 2.45) is 0 Å². The van der Waals surface area contributed by atoms with Crippen LogP contribution in [0.15, 0.2) is 36.4 Å². The number of amides is 1. The monoisotopic (exact) mass is 277 g/mol. The van der Waals surface area contributed by atoms with Gasteiger partial charge in [0, 0.05) is 35.8 Å². The third-order valence-electron chi connectivity index (χ3n) is 2.70. The van der Waals surface area contributed by atoms with Gasteiger partial charge in [0.2, 0.25) is 5.91 Å². The van der Waals surface area contributed by atoms with Crippen molar-refractivity contribution in [2.45, 2.75) is 13.5 Å². The number of benzene rings is 2. The second-order valence-corrected chi connectivity index (χ2v) is 4.81. The fourth-order valence-electron chi connectivity index (χ4n) is 1.96. The van der Waals surface area contributed by atoms with E-state index in [1.165, 1.54) is 6.92 Å². The molecule has 0 saturated heterocycles. The van der Waals surface area contributed by atoms with Gasteiger partial charge in [-0.2, -0.15) is 0 Å². The lowest BCUT2D eigenvalue weighted by molar-refractivity contribution is -0.114. The highest BCUT2D eigenvalue weighted by atomic mass is 32.2. The molecule has 0 radical (unpaired) electrons. The zero-order valence-electron chi connectivity index (χ0n) is 10.3. The standard InChI is InChI=1S/C13H14N2O3S/c1-9(16)15-13-7-3-5-11-10(8-14-19(17)18)4-2-6-12(11)13/h2-7,14H,8H2,1H3,(H,15,16)(H,17,18)/p-1. The molecule has 2 aromatic rings. The topological polar surface area (TPSA) is 81.3 Å².